The molecule has 0 spiro atoms. The first-order chi connectivity index (χ1) is 13.5. The molecule has 1 unspecified atom stereocenters. The van der Waals surface area contributed by atoms with Crippen molar-refractivity contribution in [2.24, 2.45) is 0 Å². The summed E-state index contributed by atoms with van der Waals surface area (Å²) in [7, 11) is 0. The first-order valence-corrected chi connectivity index (χ1v) is 10.7. The van der Waals surface area contributed by atoms with Gasteiger partial charge in [-0.3, -0.25) is 8.51 Å². The van der Waals surface area contributed by atoms with Gasteiger partial charge in [-0.05, 0) is 61.4 Å². The van der Waals surface area contributed by atoms with Crippen LogP contribution in [-0.4, -0.2) is 13.7 Å². The highest BCUT2D eigenvalue weighted by molar-refractivity contribution is 7.80. The number of fused-ring (bicyclic) bond motifs is 1. The fourth-order valence-electron chi connectivity index (χ4n) is 3.13. The Morgan fingerprint density at radius 1 is 1.00 bits per heavy atom. The lowest BCUT2D eigenvalue weighted by Gasteiger charge is -2.26. The van der Waals surface area contributed by atoms with Crippen molar-refractivity contribution in [1.82, 2.24) is 4.98 Å². The Kier molecular flexibility index (Phi) is 5.26. The maximum atomic E-state index is 11.8. The number of hydrogen-bond acceptors (Lipinski definition) is 4. The number of aryl methyl sites for hydroxylation is 2. The molecule has 0 aliphatic heterocycles. The van der Waals surface area contributed by atoms with Gasteiger partial charge in [0, 0.05) is 22.5 Å². The second-order valence-electron chi connectivity index (χ2n) is 6.78. The van der Waals surface area contributed by atoms with Crippen LogP contribution in [0.2, 0.25) is 0 Å². The minimum absolute atomic E-state index is 0.303. The summed E-state index contributed by atoms with van der Waals surface area (Å²) in [5.74, 6) is 0. The molecule has 0 radical (unpaired) electrons. The van der Waals surface area contributed by atoms with Gasteiger partial charge in [0.1, 0.15) is 5.01 Å². The van der Waals surface area contributed by atoms with Crippen molar-refractivity contribution in [3.63, 3.8) is 0 Å². The Bertz CT molecular complexity index is 1150. The molecule has 1 atom stereocenters. The molecule has 0 N–H and O–H groups in total. The summed E-state index contributed by atoms with van der Waals surface area (Å²) in [5, 5.41) is 0.931. The molecule has 4 aromatic rings. The van der Waals surface area contributed by atoms with Crippen LogP contribution in [0, 0.1) is 13.8 Å². The quantitative estimate of drug-likeness (QED) is 0.417. The number of benzene rings is 3. The summed E-state index contributed by atoms with van der Waals surface area (Å²) in [5.41, 5.74) is 5.87. The Labute approximate surface area is 170 Å². The molecular formula is C22H19N2O2S2-. The third-order valence-corrected chi connectivity index (χ3v) is 6.30. The zero-order valence-electron chi connectivity index (χ0n) is 15.6. The lowest BCUT2D eigenvalue weighted by atomic mass is 10.1. The van der Waals surface area contributed by atoms with Gasteiger partial charge < -0.3 is 4.55 Å². The fourth-order valence-corrected chi connectivity index (χ4v) is 4.75. The standard InChI is InChI=1S/C22H20N2O2S2/c1-15-4-3-5-17(12-15)14-24(28(25)26)19-9-7-18(8-10-19)22-23-20-11-6-16(2)13-21(20)27-22/h3-13H,14H2,1-2H3,(H,25,26)/p-1. The highest BCUT2D eigenvalue weighted by atomic mass is 32.2. The lowest BCUT2D eigenvalue weighted by Crippen LogP contribution is -2.24. The molecule has 0 saturated heterocycles. The summed E-state index contributed by atoms with van der Waals surface area (Å²) in [6.07, 6.45) is 0. The van der Waals surface area contributed by atoms with E-state index >= 15 is 0 Å². The molecule has 4 nitrogen and oxygen atoms in total. The molecule has 142 valence electrons. The van der Waals surface area contributed by atoms with Crippen LogP contribution in [0.3, 0.4) is 0 Å². The molecule has 0 bridgehead atoms. The van der Waals surface area contributed by atoms with Crippen LogP contribution >= 0.6 is 11.3 Å². The predicted molar refractivity (Wildman–Crippen MR) is 116 cm³/mol. The second-order valence-corrected chi connectivity index (χ2v) is 8.69. The molecule has 4 rings (SSSR count). The number of anilines is 1. The Hall–Kier alpha value is -2.54. The van der Waals surface area contributed by atoms with E-state index in [2.05, 4.69) is 19.1 Å². The average Bonchev–Trinajstić information content (AvgIpc) is 3.09. The van der Waals surface area contributed by atoms with Gasteiger partial charge >= 0.3 is 0 Å². The van der Waals surface area contributed by atoms with Crippen molar-refractivity contribution in [3.05, 3.63) is 83.4 Å². The number of nitrogens with zero attached hydrogens (tertiary/aromatic N) is 2. The predicted octanol–water partition coefficient (Wildman–Crippen LogP) is 5.38. The van der Waals surface area contributed by atoms with Crippen molar-refractivity contribution >= 4 is 38.5 Å². The zero-order valence-corrected chi connectivity index (χ0v) is 17.2. The molecule has 0 aliphatic rings. The average molecular weight is 408 g/mol. The molecule has 0 fully saturated rings. The third kappa shape index (κ3) is 3.99. The van der Waals surface area contributed by atoms with E-state index in [0.29, 0.717) is 12.2 Å². The molecule has 0 aliphatic carbocycles. The van der Waals surface area contributed by atoms with Gasteiger partial charge in [0.2, 0.25) is 0 Å². The molecule has 6 heteroatoms. The van der Waals surface area contributed by atoms with Crippen molar-refractivity contribution in [2.75, 3.05) is 4.31 Å². The summed E-state index contributed by atoms with van der Waals surface area (Å²) in [4.78, 5) is 4.69. The number of thiazole rings is 1. The first kappa shape index (κ1) is 18.8. The van der Waals surface area contributed by atoms with E-state index in [1.54, 1.807) is 11.3 Å². The summed E-state index contributed by atoms with van der Waals surface area (Å²) in [6, 6.07) is 21.6. The van der Waals surface area contributed by atoms with Gasteiger partial charge in [0.25, 0.3) is 0 Å². The van der Waals surface area contributed by atoms with Gasteiger partial charge in [-0.25, -0.2) is 4.98 Å². The SMILES string of the molecule is Cc1cccc(CN(c2ccc(-c3nc4ccc(C)cc4s3)cc2)S(=O)[O-])c1. The van der Waals surface area contributed by atoms with Crippen molar-refractivity contribution in [1.29, 1.82) is 0 Å². The number of rotatable bonds is 5. The van der Waals surface area contributed by atoms with E-state index < -0.39 is 11.3 Å². The monoisotopic (exact) mass is 407 g/mol. The van der Waals surface area contributed by atoms with Crippen LogP contribution in [0.25, 0.3) is 20.8 Å². The normalized spacial score (nSPS) is 12.2. The molecule has 0 amide bonds. The lowest BCUT2D eigenvalue weighted by molar-refractivity contribution is 0.531. The molecule has 1 aromatic heterocycles. The highest BCUT2D eigenvalue weighted by Crippen LogP contribution is 2.32. The van der Waals surface area contributed by atoms with Crippen LogP contribution in [0.15, 0.2) is 66.7 Å². The molecule has 0 saturated carbocycles. The van der Waals surface area contributed by atoms with E-state index in [4.69, 9.17) is 4.98 Å². The minimum Gasteiger partial charge on any atom is -0.755 e. The van der Waals surface area contributed by atoms with Gasteiger partial charge in [-0.1, -0.05) is 35.9 Å². The third-order valence-electron chi connectivity index (χ3n) is 4.53. The number of aromatic nitrogens is 1. The summed E-state index contributed by atoms with van der Waals surface area (Å²) in [6.45, 7) is 4.37. The van der Waals surface area contributed by atoms with Gasteiger partial charge in [0.05, 0.1) is 16.8 Å². The Morgan fingerprint density at radius 3 is 2.46 bits per heavy atom. The smallest absolute Gasteiger partial charge is 0.124 e. The van der Waals surface area contributed by atoms with Crippen molar-refractivity contribution < 1.29 is 8.76 Å². The molecule has 1 heterocycles. The van der Waals surface area contributed by atoms with Crippen LogP contribution in [0.4, 0.5) is 5.69 Å². The van der Waals surface area contributed by atoms with Crippen LogP contribution in [-0.2, 0) is 17.8 Å². The van der Waals surface area contributed by atoms with E-state index in [0.717, 1.165) is 31.9 Å². The number of hydrogen-bond donors (Lipinski definition) is 0. The Morgan fingerprint density at radius 2 is 1.75 bits per heavy atom. The first-order valence-electron chi connectivity index (χ1n) is 8.90. The van der Waals surface area contributed by atoms with Crippen LogP contribution in [0.5, 0.6) is 0 Å². The van der Waals surface area contributed by atoms with E-state index in [-0.39, 0.29) is 0 Å². The van der Waals surface area contributed by atoms with Crippen molar-refractivity contribution in [2.45, 2.75) is 20.4 Å². The topological polar surface area (TPSA) is 56.3 Å². The zero-order chi connectivity index (χ0) is 19.7. The summed E-state index contributed by atoms with van der Waals surface area (Å²) < 4.78 is 26.1. The van der Waals surface area contributed by atoms with E-state index in [1.807, 2.05) is 61.5 Å². The van der Waals surface area contributed by atoms with E-state index in [9.17, 15) is 8.76 Å². The minimum atomic E-state index is -2.36. The molecular weight excluding hydrogens is 388 g/mol. The largest absolute Gasteiger partial charge is 0.755 e. The molecule has 28 heavy (non-hydrogen) atoms. The van der Waals surface area contributed by atoms with Gasteiger partial charge in [-0.15, -0.1) is 11.3 Å². The Balaban J connectivity index is 1.61. The van der Waals surface area contributed by atoms with Gasteiger partial charge in [-0.2, -0.15) is 0 Å². The maximum Gasteiger partial charge on any atom is 0.124 e. The van der Waals surface area contributed by atoms with E-state index in [1.165, 1.54) is 9.87 Å². The second kappa shape index (κ2) is 7.83. The molecule has 3 aromatic carbocycles. The maximum absolute atomic E-state index is 11.8. The van der Waals surface area contributed by atoms with Crippen LogP contribution < -0.4 is 4.31 Å². The highest BCUT2D eigenvalue weighted by Gasteiger charge is 2.11. The van der Waals surface area contributed by atoms with Gasteiger partial charge in [0.15, 0.2) is 0 Å². The fraction of sp³-hybridized carbons (Fsp3) is 0.136. The summed E-state index contributed by atoms with van der Waals surface area (Å²) >= 11 is -0.714. The van der Waals surface area contributed by atoms with Crippen molar-refractivity contribution in [3.8, 4) is 10.6 Å². The van der Waals surface area contributed by atoms with Crippen LogP contribution in [0.1, 0.15) is 16.7 Å².